The molecular formula is C14H23NO2. The summed E-state index contributed by atoms with van der Waals surface area (Å²) in [7, 11) is 1.74. The lowest BCUT2D eigenvalue weighted by atomic mass is 9.89. The van der Waals surface area contributed by atoms with Crippen LogP contribution in [-0.2, 0) is 9.47 Å². The van der Waals surface area contributed by atoms with Crippen molar-refractivity contribution >= 4 is 0 Å². The maximum absolute atomic E-state index is 6.00. The summed E-state index contributed by atoms with van der Waals surface area (Å²) in [5.74, 6) is 0.772. The fraction of sp³-hybridized carbons (Fsp3) is 0.714. The highest BCUT2D eigenvalue weighted by Gasteiger charge is 2.35. The van der Waals surface area contributed by atoms with Gasteiger partial charge in [-0.3, -0.25) is 0 Å². The zero-order valence-corrected chi connectivity index (χ0v) is 10.8. The summed E-state index contributed by atoms with van der Waals surface area (Å²) in [6, 6.07) is 0. The van der Waals surface area contributed by atoms with E-state index in [-0.39, 0.29) is 11.7 Å². The molecule has 0 heterocycles. The minimum atomic E-state index is -0.340. The van der Waals surface area contributed by atoms with E-state index in [0.717, 1.165) is 18.9 Å². The third-order valence-electron chi connectivity index (χ3n) is 3.64. The van der Waals surface area contributed by atoms with Crippen molar-refractivity contribution in [2.24, 2.45) is 11.7 Å². The van der Waals surface area contributed by atoms with E-state index in [1.807, 2.05) is 0 Å². The maximum atomic E-state index is 6.00. The van der Waals surface area contributed by atoms with Crippen molar-refractivity contribution in [1.82, 2.24) is 0 Å². The highest BCUT2D eigenvalue weighted by molar-refractivity contribution is 5.31. The summed E-state index contributed by atoms with van der Waals surface area (Å²) in [5.41, 5.74) is 6.50. The van der Waals surface area contributed by atoms with Crippen molar-refractivity contribution in [3.8, 4) is 0 Å². The Morgan fingerprint density at radius 1 is 1.47 bits per heavy atom. The highest BCUT2D eigenvalue weighted by Crippen LogP contribution is 2.33. The minimum absolute atomic E-state index is 0.0136. The molecule has 1 saturated carbocycles. The van der Waals surface area contributed by atoms with Gasteiger partial charge in [0.2, 0.25) is 0 Å². The average Bonchev–Trinajstić information content (AvgIpc) is 3.14. The molecule has 0 spiro atoms. The molecule has 0 aromatic heterocycles. The first-order chi connectivity index (χ1) is 8.18. The van der Waals surface area contributed by atoms with E-state index in [9.17, 15) is 0 Å². The molecular weight excluding hydrogens is 214 g/mol. The Kier molecular flexibility index (Phi) is 4.02. The average molecular weight is 237 g/mol. The first-order valence-electron chi connectivity index (χ1n) is 6.44. The van der Waals surface area contributed by atoms with Gasteiger partial charge in [-0.15, -0.1) is 0 Å². The van der Waals surface area contributed by atoms with E-state index in [0.29, 0.717) is 6.54 Å². The molecule has 0 aromatic carbocycles. The monoisotopic (exact) mass is 237 g/mol. The van der Waals surface area contributed by atoms with E-state index < -0.39 is 0 Å². The van der Waals surface area contributed by atoms with E-state index in [1.54, 1.807) is 7.11 Å². The van der Waals surface area contributed by atoms with Crippen molar-refractivity contribution in [3.05, 3.63) is 23.8 Å². The fourth-order valence-corrected chi connectivity index (χ4v) is 2.04. The third-order valence-corrected chi connectivity index (χ3v) is 3.64. The summed E-state index contributed by atoms with van der Waals surface area (Å²) in [6.07, 6.45) is 9.90. The second-order valence-corrected chi connectivity index (χ2v) is 5.20. The predicted octanol–water partition coefficient (Wildman–Crippen LogP) is 2.03. The van der Waals surface area contributed by atoms with Gasteiger partial charge in [0, 0.05) is 7.11 Å². The molecule has 96 valence electrons. The third kappa shape index (κ3) is 3.18. The molecule has 2 aliphatic carbocycles. The summed E-state index contributed by atoms with van der Waals surface area (Å²) in [5, 5.41) is 0. The maximum Gasteiger partial charge on any atom is 0.113 e. The van der Waals surface area contributed by atoms with Crippen LogP contribution < -0.4 is 5.73 Å². The highest BCUT2D eigenvalue weighted by atomic mass is 16.5. The second-order valence-electron chi connectivity index (χ2n) is 5.20. The quantitative estimate of drug-likeness (QED) is 0.768. The Hall–Kier alpha value is -0.640. The lowest BCUT2D eigenvalue weighted by molar-refractivity contribution is -0.0737. The zero-order valence-electron chi connectivity index (χ0n) is 10.8. The van der Waals surface area contributed by atoms with Crippen LogP contribution in [-0.4, -0.2) is 32.0 Å². The van der Waals surface area contributed by atoms with Crippen LogP contribution in [0.5, 0.6) is 0 Å². The SMILES string of the molecule is COC1(C)C=CC(CCN)=CC1OCC1CC1. The smallest absolute Gasteiger partial charge is 0.113 e. The fourth-order valence-electron chi connectivity index (χ4n) is 2.04. The summed E-state index contributed by atoms with van der Waals surface area (Å²) >= 11 is 0. The van der Waals surface area contributed by atoms with Crippen LogP contribution in [0, 0.1) is 5.92 Å². The van der Waals surface area contributed by atoms with Gasteiger partial charge in [0.1, 0.15) is 11.7 Å². The number of ether oxygens (including phenoxy) is 2. The number of hydrogen-bond donors (Lipinski definition) is 1. The van der Waals surface area contributed by atoms with Gasteiger partial charge >= 0.3 is 0 Å². The Balaban J connectivity index is 2.01. The number of allylic oxidation sites excluding steroid dienone is 1. The van der Waals surface area contributed by atoms with Crippen molar-refractivity contribution < 1.29 is 9.47 Å². The van der Waals surface area contributed by atoms with Crippen LogP contribution in [0.3, 0.4) is 0 Å². The Bertz CT molecular complexity index is 320. The van der Waals surface area contributed by atoms with E-state index in [1.165, 1.54) is 18.4 Å². The molecule has 0 amide bonds. The Morgan fingerprint density at radius 3 is 2.82 bits per heavy atom. The zero-order chi connectivity index (χ0) is 12.3. The van der Waals surface area contributed by atoms with Crippen molar-refractivity contribution in [3.63, 3.8) is 0 Å². The van der Waals surface area contributed by atoms with Gasteiger partial charge < -0.3 is 15.2 Å². The molecule has 0 saturated heterocycles. The van der Waals surface area contributed by atoms with Gasteiger partial charge in [0.15, 0.2) is 0 Å². The second kappa shape index (κ2) is 5.34. The van der Waals surface area contributed by atoms with Gasteiger partial charge in [-0.05, 0) is 56.4 Å². The van der Waals surface area contributed by atoms with Gasteiger partial charge in [-0.25, -0.2) is 0 Å². The van der Waals surface area contributed by atoms with E-state index >= 15 is 0 Å². The normalized spacial score (nSPS) is 32.6. The first-order valence-corrected chi connectivity index (χ1v) is 6.44. The lowest BCUT2D eigenvalue weighted by Crippen LogP contribution is -2.42. The molecule has 2 aliphatic rings. The van der Waals surface area contributed by atoms with E-state index in [2.05, 4.69) is 25.2 Å². The topological polar surface area (TPSA) is 44.5 Å². The minimum Gasteiger partial charge on any atom is -0.371 e. The van der Waals surface area contributed by atoms with Crippen molar-refractivity contribution in [2.45, 2.75) is 37.9 Å². The predicted molar refractivity (Wildman–Crippen MR) is 68.8 cm³/mol. The standard InChI is InChI=1S/C14H23NO2/c1-14(16-2)7-5-11(6-8-15)9-13(14)17-10-12-3-4-12/h5,7,9,12-13H,3-4,6,8,10,15H2,1-2H3. The van der Waals surface area contributed by atoms with Gasteiger partial charge in [0.05, 0.1) is 6.61 Å². The summed E-state index contributed by atoms with van der Waals surface area (Å²) < 4.78 is 11.6. The van der Waals surface area contributed by atoms with Crippen molar-refractivity contribution in [1.29, 1.82) is 0 Å². The van der Waals surface area contributed by atoms with Crippen LogP contribution in [0.25, 0.3) is 0 Å². The molecule has 3 heteroatoms. The van der Waals surface area contributed by atoms with Crippen LogP contribution in [0.4, 0.5) is 0 Å². The molecule has 0 aromatic rings. The molecule has 3 nitrogen and oxygen atoms in total. The molecule has 0 radical (unpaired) electrons. The van der Waals surface area contributed by atoms with Gasteiger partial charge in [-0.2, -0.15) is 0 Å². The number of hydrogen-bond acceptors (Lipinski definition) is 3. The summed E-state index contributed by atoms with van der Waals surface area (Å²) in [4.78, 5) is 0. The van der Waals surface area contributed by atoms with Crippen LogP contribution >= 0.6 is 0 Å². The molecule has 2 rings (SSSR count). The Labute approximate surface area is 104 Å². The molecule has 2 atom stereocenters. The van der Waals surface area contributed by atoms with Crippen molar-refractivity contribution in [2.75, 3.05) is 20.3 Å². The van der Waals surface area contributed by atoms with E-state index in [4.69, 9.17) is 15.2 Å². The molecule has 0 aliphatic heterocycles. The molecule has 0 bridgehead atoms. The lowest BCUT2D eigenvalue weighted by Gasteiger charge is -2.35. The molecule has 2 N–H and O–H groups in total. The van der Waals surface area contributed by atoms with Gasteiger partial charge in [0.25, 0.3) is 0 Å². The largest absolute Gasteiger partial charge is 0.371 e. The van der Waals surface area contributed by atoms with Crippen LogP contribution in [0.2, 0.25) is 0 Å². The number of nitrogens with two attached hydrogens (primary N) is 1. The van der Waals surface area contributed by atoms with Crippen LogP contribution in [0.1, 0.15) is 26.2 Å². The first kappa shape index (κ1) is 12.8. The molecule has 2 unspecified atom stereocenters. The van der Waals surface area contributed by atoms with Gasteiger partial charge in [-0.1, -0.05) is 6.08 Å². The molecule has 17 heavy (non-hydrogen) atoms. The summed E-state index contributed by atoms with van der Waals surface area (Å²) in [6.45, 7) is 3.59. The number of methoxy groups -OCH3 is 1. The number of rotatable bonds is 6. The molecule has 1 fully saturated rings. The van der Waals surface area contributed by atoms with Crippen LogP contribution in [0.15, 0.2) is 23.8 Å². The Morgan fingerprint density at radius 2 is 2.24 bits per heavy atom.